The van der Waals surface area contributed by atoms with Gasteiger partial charge in [0.15, 0.2) is 0 Å². The number of carbonyl (C=O) groups is 1. The summed E-state index contributed by atoms with van der Waals surface area (Å²) in [6.45, 7) is 3.77. The van der Waals surface area contributed by atoms with Gasteiger partial charge in [-0.05, 0) is 30.0 Å². The van der Waals surface area contributed by atoms with E-state index in [0.29, 0.717) is 6.42 Å². The van der Waals surface area contributed by atoms with Crippen molar-refractivity contribution in [3.8, 4) is 0 Å². The summed E-state index contributed by atoms with van der Waals surface area (Å²) >= 11 is 3.46. The fourth-order valence-electron chi connectivity index (χ4n) is 1.55. The SMILES string of the molecule is CCc1ccc(CC(C)=O)cc1CBr. The number of rotatable bonds is 4. The van der Waals surface area contributed by atoms with Crippen LogP contribution in [0.4, 0.5) is 0 Å². The standard InChI is InChI=1S/C12H15BrO/c1-3-11-5-4-10(6-9(2)14)7-12(11)8-13/h4-5,7H,3,6,8H2,1-2H3. The van der Waals surface area contributed by atoms with Crippen LogP contribution in [0.2, 0.25) is 0 Å². The van der Waals surface area contributed by atoms with E-state index >= 15 is 0 Å². The first-order chi connectivity index (χ1) is 6.67. The van der Waals surface area contributed by atoms with E-state index in [2.05, 4.69) is 35.0 Å². The molecular formula is C12H15BrO. The van der Waals surface area contributed by atoms with Gasteiger partial charge < -0.3 is 0 Å². The molecule has 0 radical (unpaired) electrons. The van der Waals surface area contributed by atoms with Gasteiger partial charge in [0, 0.05) is 11.8 Å². The van der Waals surface area contributed by atoms with Crippen LogP contribution in [0.5, 0.6) is 0 Å². The van der Waals surface area contributed by atoms with Crippen LogP contribution in [-0.4, -0.2) is 5.78 Å². The van der Waals surface area contributed by atoms with Crippen LogP contribution in [-0.2, 0) is 23.0 Å². The van der Waals surface area contributed by atoms with Crippen molar-refractivity contribution in [2.24, 2.45) is 0 Å². The summed E-state index contributed by atoms with van der Waals surface area (Å²) in [6.07, 6.45) is 1.59. The highest BCUT2D eigenvalue weighted by Gasteiger charge is 2.03. The lowest BCUT2D eigenvalue weighted by Gasteiger charge is -2.07. The Balaban J connectivity index is 2.95. The molecule has 0 bridgehead atoms. The number of halogens is 1. The molecule has 76 valence electrons. The van der Waals surface area contributed by atoms with Gasteiger partial charge in [0.05, 0.1) is 0 Å². The minimum absolute atomic E-state index is 0.217. The van der Waals surface area contributed by atoms with Crippen LogP contribution in [0.1, 0.15) is 30.5 Å². The summed E-state index contributed by atoms with van der Waals surface area (Å²) in [4.78, 5) is 11.0. The Kier molecular flexibility index (Phi) is 4.33. The molecule has 0 aliphatic carbocycles. The molecule has 1 aromatic rings. The molecular weight excluding hydrogens is 240 g/mol. The molecule has 0 aliphatic rings. The zero-order valence-corrected chi connectivity index (χ0v) is 10.2. The molecule has 0 atom stereocenters. The summed E-state index contributed by atoms with van der Waals surface area (Å²) in [5.74, 6) is 0.217. The Morgan fingerprint density at radius 1 is 1.36 bits per heavy atom. The van der Waals surface area contributed by atoms with Gasteiger partial charge >= 0.3 is 0 Å². The first-order valence-electron chi connectivity index (χ1n) is 4.83. The molecule has 0 aromatic heterocycles. The fourth-order valence-corrected chi connectivity index (χ4v) is 2.07. The molecule has 0 amide bonds. The summed E-state index contributed by atoms with van der Waals surface area (Å²) in [5.41, 5.74) is 3.77. The van der Waals surface area contributed by atoms with Crippen LogP contribution < -0.4 is 0 Å². The maximum absolute atomic E-state index is 11.0. The van der Waals surface area contributed by atoms with Crippen molar-refractivity contribution >= 4 is 21.7 Å². The molecule has 0 saturated heterocycles. The van der Waals surface area contributed by atoms with Crippen LogP contribution in [0, 0.1) is 0 Å². The van der Waals surface area contributed by atoms with Crippen LogP contribution in [0.3, 0.4) is 0 Å². The Labute approximate surface area is 93.7 Å². The summed E-state index contributed by atoms with van der Waals surface area (Å²) in [5, 5.41) is 0.863. The Morgan fingerprint density at radius 2 is 2.07 bits per heavy atom. The second kappa shape index (κ2) is 5.30. The van der Waals surface area contributed by atoms with Gasteiger partial charge in [-0.1, -0.05) is 41.1 Å². The number of hydrogen-bond acceptors (Lipinski definition) is 1. The zero-order chi connectivity index (χ0) is 10.6. The molecule has 0 fully saturated rings. The van der Waals surface area contributed by atoms with Gasteiger partial charge in [-0.2, -0.15) is 0 Å². The highest BCUT2D eigenvalue weighted by Crippen LogP contribution is 2.16. The predicted octanol–water partition coefficient (Wildman–Crippen LogP) is 3.28. The van der Waals surface area contributed by atoms with E-state index < -0.39 is 0 Å². The number of benzene rings is 1. The van der Waals surface area contributed by atoms with Gasteiger partial charge in [0.1, 0.15) is 5.78 Å². The van der Waals surface area contributed by atoms with E-state index in [0.717, 1.165) is 17.3 Å². The first kappa shape index (κ1) is 11.4. The van der Waals surface area contributed by atoms with E-state index in [-0.39, 0.29) is 5.78 Å². The lowest BCUT2D eigenvalue weighted by molar-refractivity contribution is -0.116. The molecule has 0 N–H and O–H groups in total. The first-order valence-corrected chi connectivity index (χ1v) is 5.95. The molecule has 0 aliphatic heterocycles. The van der Waals surface area contributed by atoms with Gasteiger partial charge in [0.2, 0.25) is 0 Å². The second-order valence-corrected chi connectivity index (χ2v) is 4.03. The Hall–Kier alpha value is -0.630. The summed E-state index contributed by atoms with van der Waals surface area (Å²) in [6, 6.07) is 6.29. The van der Waals surface area contributed by atoms with Crippen LogP contribution >= 0.6 is 15.9 Å². The van der Waals surface area contributed by atoms with Gasteiger partial charge in [-0.15, -0.1) is 0 Å². The topological polar surface area (TPSA) is 17.1 Å². The Morgan fingerprint density at radius 3 is 2.57 bits per heavy atom. The van der Waals surface area contributed by atoms with Crippen LogP contribution in [0.15, 0.2) is 18.2 Å². The van der Waals surface area contributed by atoms with Crippen molar-refractivity contribution in [2.45, 2.75) is 32.0 Å². The molecule has 0 unspecified atom stereocenters. The second-order valence-electron chi connectivity index (χ2n) is 3.47. The number of carbonyl (C=O) groups excluding carboxylic acids is 1. The average molecular weight is 255 g/mol. The number of aryl methyl sites for hydroxylation is 1. The third-order valence-corrected chi connectivity index (χ3v) is 2.85. The van der Waals surface area contributed by atoms with Gasteiger partial charge in [0.25, 0.3) is 0 Å². The van der Waals surface area contributed by atoms with Crippen molar-refractivity contribution in [1.82, 2.24) is 0 Å². The van der Waals surface area contributed by atoms with Crippen molar-refractivity contribution in [3.63, 3.8) is 0 Å². The summed E-state index contributed by atoms with van der Waals surface area (Å²) < 4.78 is 0. The third-order valence-electron chi connectivity index (χ3n) is 2.25. The van der Waals surface area contributed by atoms with Gasteiger partial charge in [-0.25, -0.2) is 0 Å². The van der Waals surface area contributed by atoms with Crippen molar-refractivity contribution < 1.29 is 4.79 Å². The maximum Gasteiger partial charge on any atom is 0.134 e. The lowest BCUT2D eigenvalue weighted by atomic mass is 10.0. The number of Topliss-reactive ketones (excluding diaryl/α,β-unsaturated/α-hetero) is 1. The summed E-state index contributed by atoms with van der Waals surface area (Å²) in [7, 11) is 0. The lowest BCUT2D eigenvalue weighted by Crippen LogP contribution is -1.98. The molecule has 0 saturated carbocycles. The highest BCUT2D eigenvalue weighted by atomic mass is 79.9. The van der Waals surface area contributed by atoms with E-state index in [1.165, 1.54) is 11.1 Å². The van der Waals surface area contributed by atoms with Gasteiger partial charge in [-0.3, -0.25) is 4.79 Å². The fraction of sp³-hybridized carbons (Fsp3) is 0.417. The average Bonchev–Trinajstić information content (AvgIpc) is 2.16. The molecule has 0 spiro atoms. The molecule has 14 heavy (non-hydrogen) atoms. The zero-order valence-electron chi connectivity index (χ0n) is 8.64. The molecule has 0 heterocycles. The number of ketones is 1. The largest absolute Gasteiger partial charge is 0.300 e. The van der Waals surface area contributed by atoms with Crippen LogP contribution in [0.25, 0.3) is 0 Å². The minimum Gasteiger partial charge on any atom is -0.300 e. The molecule has 1 nitrogen and oxygen atoms in total. The molecule has 1 aromatic carbocycles. The normalized spacial score (nSPS) is 10.2. The van der Waals surface area contributed by atoms with E-state index in [1.54, 1.807) is 6.92 Å². The maximum atomic E-state index is 11.0. The van der Waals surface area contributed by atoms with Crippen molar-refractivity contribution in [1.29, 1.82) is 0 Å². The predicted molar refractivity (Wildman–Crippen MR) is 62.8 cm³/mol. The Bertz CT molecular complexity index is 331. The number of hydrogen-bond donors (Lipinski definition) is 0. The molecule has 2 heteroatoms. The number of alkyl halides is 1. The highest BCUT2D eigenvalue weighted by molar-refractivity contribution is 9.08. The molecule has 1 rings (SSSR count). The monoisotopic (exact) mass is 254 g/mol. The third kappa shape index (κ3) is 2.95. The van der Waals surface area contributed by atoms with Crippen molar-refractivity contribution in [3.05, 3.63) is 34.9 Å². The van der Waals surface area contributed by atoms with E-state index in [4.69, 9.17) is 0 Å². The van der Waals surface area contributed by atoms with Crippen molar-refractivity contribution in [2.75, 3.05) is 0 Å². The van der Waals surface area contributed by atoms with E-state index in [9.17, 15) is 4.79 Å². The van der Waals surface area contributed by atoms with E-state index in [1.807, 2.05) is 6.07 Å². The smallest absolute Gasteiger partial charge is 0.134 e. The quantitative estimate of drug-likeness (QED) is 0.754. The minimum atomic E-state index is 0.217.